The number of benzene rings is 1. The molecule has 0 spiro atoms. The van der Waals surface area contributed by atoms with Gasteiger partial charge in [0, 0.05) is 0 Å². The fraction of sp³-hybridized carbons (Fsp3) is 0.400. The maximum atomic E-state index is 13.1. The molecule has 5 heteroatoms. The van der Waals surface area contributed by atoms with Crippen molar-refractivity contribution in [3.8, 4) is 0 Å². The summed E-state index contributed by atoms with van der Waals surface area (Å²) in [6.45, 7) is 2.06. The molecule has 1 aliphatic carbocycles. The van der Waals surface area contributed by atoms with Gasteiger partial charge in [0.25, 0.3) is 0 Å². The molecule has 0 unspecified atom stereocenters. The first-order valence-electron chi connectivity index (χ1n) is 4.69. The number of fused-ring (bicyclic) bond motifs is 1. The Kier molecular flexibility index (Phi) is 4.38. The first-order valence-corrected chi connectivity index (χ1v) is 5.97. The monoisotopic (exact) mass is 230 g/mol. The third-order valence-corrected chi connectivity index (χ3v) is 2.46. The molecule has 1 aromatic rings. The van der Waals surface area contributed by atoms with E-state index in [1.165, 1.54) is 11.1 Å². The number of hydrogen-bond donors (Lipinski definition) is 2. The van der Waals surface area contributed by atoms with Gasteiger partial charge in [0.05, 0.1) is 0 Å². The largest absolute Gasteiger partial charge is 0.239 e. The van der Waals surface area contributed by atoms with Crippen LogP contribution in [0.4, 0.5) is 4.39 Å². The smallest absolute Gasteiger partial charge is 0.161 e. The third kappa shape index (κ3) is 3.37. The number of hydrogen-bond acceptors (Lipinski definition) is 1. The zero-order valence-corrected chi connectivity index (χ0v) is 9.44. The van der Waals surface area contributed by atoms with E-state index in [-0.39, 0.29) is 5.82 Å². The van der Waals surface area contributed by atoms with Gasteiger partial charge in [-0.3, -0.25) is 0 Å². The van der Waals surface area contributed by atoms with Crippen molar-refractivity contribution in [2.24, 2.45) is 10.3 Å². The molecule has 0 fully saturated rings. The van der Waals surface area contributed by atoms with Crippen LogP contribution < -0.4 is 10.3 Å². The Morgan fingerprint density at radius 3 is 2.33 bits per heavy atom. The van der Waals surface area contributed by atoms with Gasteiger partial charge in [-0.1, -0.05) is 6.07 Å². The summed E-state index contributed by atoms with van der Waals surface area (Å²) in [5.74, 6) is -0.0110. The Labute approximate surface area is 91.4 Å². The van der Waals surface area contributed by atoms with E-state index in [9.17, 15) is 4.39 Å². The van der Waals surface area contributed by atoms with Crippen molar-refractivity contribution in [2.45, 2.75) is 26.2 Å². The van der Waals surface area contributed by atoms with Gasteiger partial charge in [0.15, 0.2) is 11.2 Å². The molecule has 2 rings (SSSR count). The number of rotatable bonds is 0. The lowest BCUT2D eigenvalue weighted by Crippen LogP contribution is -2.11. The maximum absolute atomic E-state index is 13.1. The molecule has 4 N–H and O–H groups in total. The molecule has 0 saturated heterocycles. The van der Waals surface area contributed by atoms with Crippen LogP contribution in [0, 0.1) is 12.7 Å². The van der Waals surface area contributed by atoms with Crippen LogP contribution in [0.2, 0.25) is 0 Å². The second-order valence-electron chi connectivity index (χ2n) is 3.50. The molecule has 1 aliphatic rings. The van der Waals surface area contributed by atoms with E-state index in [0.29, 0.717) is 0 Å². The highest BCUT2D eigenvalue weighted by molar-refractivity contribution is 7.80. The molecule has 15 heavy (non-hydrogen) atoms. The van der Waals surface area contributed by atoms with Gasteiger partial charge < -0.3 is 0 Å². The van der Waals surface area contributed by atoms with Crippen LogP contribution in [0.25, 0.3) is 0 Å². The molecule has 0 heterocycles. The molecule has 0 bridgehead atoms. The summed E-state index contributed by atoms with van der Waals surface area (Å²) >= 11 is -1.61. The van der Waals surface area contributed by atoms with Crippen LogP contribution in [0.5, 0.6) is 0 Å². The van der Waals surface area contributed by atoms with Crippen molar-refractivity contribution < 1.29 is 8.60 Å². The fourth-order valence-electron chi connectivity index (χ4n) is 1.84. The topological polar surface area (TPSA) is 69.1 Å². The summed E-state index contributed by atoms with van der Waals surface area (Å²) in [6, 6.07) is 3.46. The SMILES string of the molecule is Cc1ccc(F)c2c1CCC2.NS(N)=O. The Hall–Kier alpha value is -0.780. The van der Waals surface area contributed by atoms with E-state index >= 15 is 0 Å². The lowest BCUT2D eigenvalue weighted by molar-refractivity contribution is 0.612. The Morgan fingerprint density at radius 2 is 1.80 bits per heavy atom. The van der Waals surface area contributed by atoms with E-state index in [1.54, 1.807) is 6.07 Å². The van der Waals surface area contributed by atoms with Gasteiger partial charge >= 0.3 is 0 Å². The highest BCUT2D eigenvalue weighted by Crippen LogP contribution is 2.26. The van der Waals surface area contributed by atoms with Crippen LogP contribution >= 0.6 is 0 Å². The van der Waals surface area contributed by atoms with Crippen LogP contribution in [0.1, 0.15) is 23.1 Å². The molecular weight excluding hydrogens is 215 g/mol. The van der Waals surface area contributed by atoms with Gasteiger partial charge in [-0.25, -0.2) is 18.9 Å². The maximum Gasteiger partial charge on any atom is 0.161 e. The number of nitrogens with two attached hydrogens (primary N) is 2. The van der Waals surface area contributed by atoms with E-state index < -0.39 is 11.2 Å². The standard InChI is InChI=1S/C10H11F.H4N2OS/c1-7-5-6-10(11)9-4-2-3-8(7)9;1-4(2)3/h5-6H,2-4H2,1H3;1-2H2. The molecule has 0 atom stereocenters. The van der Waals surface area contributed by atoms with Crippen LogP contribution in [0.3, 0.4) is 0 Å². The highest BCUT2D eigenvalue weighted by atomic mass is 32.2. The second kappa shape index (κ2) is 5.34. The fourth-order valence-corrected chi connectivity index (χ4v) is 1.84. The molecule has 0 radical (unpaired) electrons. The number of aryl methyl sites for hydroxylation is 1. The predicted molar refractivity (Wildman–Crippen MR) is 59.7 cm³/mol. The summed E-state index contributed by atoms with van der Waals surface area (Å²) in [7, 11) is 0. The van der Waals surface area contributed by atoms with E-state index in [2.05, 4.69) is 17.2 Å². The minimum absolute atomic E-state index is 0.0110. The van der Waals surface area contributed by atoms with Crippen molar-refractivity contribution in [2.75, 3.05) is 0 Å². The summed E-state index contributed by atoms with van der Waals surface area (Å²) in [4.78, 5) is 0. The van der Waals surface area contributed by atoms with Crippen LogP contribution in [-0.2, 0) is 24.0 Å². The van der Waals surface area contributed by atoms with Crippen molar-refractivity contribution in [3.05, 3.63) is 34.6 Å². The zero-order chi connectivity index (χ0) is 11.4. The van der Waals surface area contributed by atoms with E-state index in [4.69, 9.17) is 4.21 Å². The van der Waals surface area contributed by atoms with Gasteiger partial charge in [-0.05, 0) is 48.9 Å². The summed E-state index contributed by atoms with van der Waals surface area (Å²) in [6.07, 6.45) is 3.12. The van der Waals surface area contributed by atoms with Gasteiger partial charge in [0.2, 0.25) is 0 Å². The second-order valence-corrected chi connectivity index (χ2v) is 4.16. The Bertz CT molecular complexity index is 349. The molecule has 1 aromatic carbocycles. The van der Waals surface area contributed by atoms with Crippen molar-refractivity contribution in [1.82, 2.24) is 0 Å². The zero-order valence-electron chi connectivity index (χ0n) is 8.63. The predicted octanol–water partition coefficient (Wildman–Crippen LogP) is 1.11. The molecular formula is C10H15FN2OS. The molecule has 0 aliphatic heterocycles. The first-order chi connectivity index (χ1) is 7.02. The van der Waals surface area contributed by atoms with Crippen molar-refractivity contribution in [1.29, 1.82) is 0 Å². The third-order valence-electron chi connectivity index (χ3n) is 2.46. The van der Waals surface area contributed by atoms with Crippen LogP contribution in [-0.4, -0.2) is 4.21 Å². The summed E-state index contributed by atoms with van der Waals surface area (Å²) in [5, 5.41) is 8.72. The Balaban J connectivity index is 0.000000245. The molecule has 84 valence electrons. The van der Waals surface area contributed by atoms with Crippen LogP contribution in [0.15, 0.2) is 12.1 Å². The quantitative estimate of drug-likeness (QED) is 0.688. The lowest BCUT2D eigenvalue weighted by atomic mass is 10.0. The minimum atomic E-state index is -1.61. The molecule has 0 aromatic heterocycles. The normalized spacial score (nSPS) is 13.4. The van der Waals surface area contributed by atoms with Crippen molar-refractivity contribution in [3.63, 3.8) is 0 Å². The summed E-state index contributed by atoms with van der Waals surface area (Å²) < 4.78 is 22.2. The molecule has 0 amide bonds. The minimum Gasteiger partial charge on any atom is -0.239 e. The van der Waals surface area contributed by atoms with Crippen molar-refractivity contribution >= 4 is 11.2 Å². The van der Waals surface area contributed by atoms with E-state index in [1.807, 2.05) is 6.07 Å². The number of halogens is 1. The van der Waals surface area contributed by atoms with Gasteiger partial charge in [0.1, 0.15) is 5.82 Å². The Morgan fingerprint density at radius 1 is 1.27 bits per heavy atom. The molecule has 3 nitrogen and oxygen atoms in total. The first kappa shape index (κ1) is 12.3. The van der Waals surface area contributed by atoms with E-state index in [0.717, 1.165) is 24.8 Å². The average Bonchev–Trinajstić information content (AvgIpc) is 2.60. The molecule has 0 saturated carbocycles. The van der Waals surface area contributed by atoms with Gasteiger partial charge in [-0.2, -0.15) is 0 Å². The lowest BCUT2D eigenvalue weighted by Gasteiger charge is -2.03. The summed E-state index contributed by atoms with van der Waals surface area (Å²) in [5.41, 5.74) is 3.47. The van der Waals surface area contributed by atoms with Gasteiger partial charge in [-0.15, -0.1) is 0 Å². The highest BCUT2D eigenvalue weighted by Gasteiger charge is 2.16. The average molecular weight is 230 g/mol.